The molecule has 1 aromatic carbocycles. The smallest absolute Gasteiger partial charge is 0.137 e. The van der Waals surface area contributed by atoms with Gasteiger partial charge in [-0.15, -0.1) is 0 Å². The van der Waals surface area contributed by atoms with E-state index in [1.807, 2.05) is 53.9 Å². The van der Waals surface area contributed by atoms with Gasteiger partial charge < -0.3 is 4.40 Å². The molecule has 0 amide bonds. The van der Waals surface area contributed by atoms with Crippen molar-refractivity contribution < 1.29 is 0 Å². The molecule has 0 atom stereocenters. The Bertz CT molecular complexity index is 732. The summed E-state index contributed by atoms with van der Waals surface area (Å²) in [4.78, 5) is 4.61. The van der Waals surface area contributed by atoms with E-state index in [1.54, 1.807) is 0 Å². The Kier molecular flexibility index (Phi) is 2.77. The summed E-state index contributed by atoms with van der Waals surface area (Å²) < 4.78 is 1.98. The normalized spacial score (nSPS) is 11.1. The monoisotopic (exact) mass is 276 g/mol. The largest absolute Gasteiger partial charge is 0.302 e. The van der Waals surface area contributed by atoms with Gasteiger partial charge >= 0.3 is 0 Å². The zero-order valence-electron chi connectivity index (χ0n) is 9.69. The first-order valence-corrected chi connectivity index (χ1v) is 6.31. The fraction of sp³-hybridized carbons (Fsp3) is 0.0714. The number of aryl methyl sites for hydroxylation is 1. The van der Waals surface area contributed by atoms with Crippen LogP contribution in [0.25, 0.3) is 16.9 Å². The maximum Gasteiger partial charge on any atom is 0.137 e. The Hall–Kier alpha value is -1.51. The lowest BCUT2D eigenvalue weighted by atomic mass is 10.1. The minimum absolute atomic E-state index is 0.695. The Labute approximate surface area is 115 Å². The van der Waals surface area contributed by atoms with Crippen molar-refractivity contribution >= 4 is 28.8 Å². The van der Waals surface area contributed by atoms with Gasteiger partial charge in [0.15, 0.2) is 0 Å². The molecule has 0 radical (unpaired) electrons. The fourth-order valence-electron chi connectivity index (χ4n) is 2.05. The van der Waals surface area contributed by atoms with Crippen LogP contribution in [-0.4, -0.2) is 9.38 Å². The number of rotatable bonds is 1. The third-order valence-corrected chi connectivity index (χ3v) is 3.38. The predicted octanol–water partition coefficient (Wildman–Crippen LogP) is 4.62. The first-order valence-electron chi connectivity index (χ1n) is 5.55. The molecule has 0 N–H and O–H groups in total. The number of halogens is 2. The van der Waals surface area contributed by atoms with Gasteiger partial charge in [-0.25, -0.2) is 4.98 Å². The summed E-state index contributed by atoms with van der Waals surface area (Å²) in [6.07, 6.45) is 1.87. The van der Waals surface area contributed by atoms with Crippen LogP contribution in [0.1, 0.15) is 5.69 Å². The molecule has 2 heterocycles. The van der Waals surface area contributed by atoms with Crippen molar-refractivity contribution in [2.24, 2.45) is 0 Å². The van der Waals surface area contributed by atoms with Gasteiger partial charge in [-0.2, -0.15) is 0 Å². The molecule has 2 nitrogen and oxygen atoms in total. The third kappa shape index (κ3) is 1.88. The molecule has 0 aliphatic rings. The minimum atomic E-state index is 0.695. The number of nitrogens with zero attached hydrogens (tertiary/aromatic N) is 2. The van der Waals surface area contributed by atoms with Crippen LogP contribution in [0.2, 0.25) is 10.0 Å². The number of fused-ring (bicyclic) bond motifs is 1. The topological polar surface area (TPSA) is 17.3 Å². The molecule has 0 bridgehead atoms. The van der Waals surface area contributed by atoms with Crippen molar-refractivity contribution in [2.75, 3.05) is 0 Å². The summed E-state index contributed by atoms with van der Waals surface area (Å²) in [6.45, 7) is 2.02. The van der Waals surface area contributed by atoms with E-state index >= 15 is 0 Å². The second-order valence-electron chi connectivity index (χ2n) is 4.13. The zero-order chi connectivity index (χ0) is 12.7. The second kappa shape index (κ2) is 4.30. The summed E-state index contributed by atoms with van der Waals surface area (Å²) in [5.41, 5.74) is 3.88. The molecule has 0 saturated carbocycles. The summed E-state index contributed by atoms with van der Waals surface area (Å²) in [6, 6.07) is 11.4. The quantitative estimate of drug-likeness (QED) is 0.634. The van der Waals surface area contributed by atoms with Crippen molar-refractivity contribution in [1.82, 2.24) is 9.38 Å². The molecular formula is C14H10Cl2N2. The van der Waals surface area contributed by atoms with Crippen molar-refractivity contribution in [3.63, 3.8) is 0 Å². The number of imidazole rings is 1. The second-order valence-corrected chi connectivity index (χ2v) is 5.00. The van der Waals surface area contributed by atoms with Crippen molar-refractivity contribution in [3.05, 3.63) is 58.3 Å². The average Bonchev–Trinajstić information content (AvgIpc) is 2.67. The first-order chi connectivity index (χ1) is 8.65. The lowest BCUT2D eigenvalue weighted by Crippen LogP contribution is -1.87. The van der Waals surface area contributed by atoms with Crippen LogP contribution in [0.5, 0.6) is 0 Å². The SMILES string of the molecule is Cc1c(-c2cccc(Cl)c2)nc2ccc(Cl)cn12. The van der Waals surface area contributed by atoms with Gasteiger partial charge in [0.05, 0.1) is 10.7 Å². The highest BCUT2D eigenvalue weighted by Crippen LogP contribution is 2.26. The molecule has 4 heteroatoms. The van der Waals surface area contributed by atoms with Crippen LogP contribution in [-0.2, 0) is 0 Å². The Morgan fingerprint density at radius 3 is 2.67 bits per heavy atom. The maximum atomic E-state index is 6.02. The van der Waals surface area contributed by atoms with Gasteiger partial charge in [0.25, 0.3) is 0 Å². The van der Waals surface area contributed by atoms with Crippen molar-refractivity contribution in [3.8, 4) is 11.3 Å². The molecule has 0 aliphatic heterocycles. The molecule has 0 aliphatic carbocycles. The van der Waals surface area contributed by atoms with Crippen LogP contribution >= 0.6 is 23.2 Å². The number of aromatic nitrogens is 2. The fourth-order valence-corrected chi connectivity index (χ4v) is 2.40. The molecule has 90 valence electrons. The highest BCUT2D eigenvalue weighted by Gasteiger charge is 2.10. The lowest BCUT2D eigenvalue weighted by molar-refractivity contribution is 1.11. The molecule has 18 heavy (non-hydrogen) atoms. The zero-order valence-corrected chi connectivity index (χ0v) is 11.2. The standard InChI is InChI=1S/C14H10Cl2N2/c1-9-14(10-3-2-4-11(15)7-10)17-13-6-5-12(16)8-18(9)13/h2-8H,1H3. The van der Waals surface area contributed by atoms with E-state index in [-0.39, 0.29) is 0 Å². The van der Waals surface area contributed by atoms with E-state index in [2.05, 4.69) is 4.98 Å². The first kappa shape index (κ1) is 11.6. The molecule has 0 unspecified atom stereocenters. The predicted molar refractivity (Wildman–Crippen MR) is 75.4 cm³/mol. The number of pyridine rings is 1. The van der Waals surface area contributed by atoms with E-state index < -0.39 is 0 Å². The molecule has 3 rings (SSSR count). The molecule has 2 aromatic heterocycles. The average molecular weight is 277 g/mol. The van der Waals surface area contributed by atoms with Crippen molar-refractivity contribution in [2.45, 2.75) is 6.92 Å². The van der Waals surface area contributed by atoms with E-state index in [9.17, 15) is 0 Å². The molecule has 3 aromatic rings. The minimum Gasteiger partial charge on any atom is -0.302 e. The highest BCUT2D eigenvalue weighted by atomic mass is 35.5. The van der Waals surface area contributed by atoms with E-state index in [1.165, 1.54) is 0 Å². The van der Waals surface area contributed by atoms with Crippen LogP contribution in [0.3, 0.4) is 0 Å². The van der Waals surface area contributed by atoms with Crippen LogP contribution in [0.15, 0.2) is 42.6 Å². The lowest BCUT2D eigenvalue weighted by Gasteiger charge is -2.00. The number of hydrogen-bond acceptors (Lipinski definition) is 1. The van der Waals surface area contributed by atoms with Gasteiger partial charge in [0, 0.05) is 22.5 Å². The number of benzene rings is 1. The molecule has 0 fully saturated rings. The highest BCUT2D eigenvalue weighted by molar-refractivity contribution is 6.31. The maximum absolute atomic E-state index is 6.02. The van der Waals surface area contributed by atoms with Crippen LogP contribution in [0, 0.1) is 6.92 Å². The Morgan fingerprint density at radius 1 is 1.06 bits per heavy atom. The van der Waals surface area contributed by atoms with Gasteiger partial charge in [0.1, 0.15) is 5.65 Å². The Morgan fingerprint density at radius 2 is 1.89 bits per heavy atom. The summed E-state index contributed by atoms with van der Waals surface area (Å²) in [5, 5.41) is 1.41. The summed E-state index contributed by atoms with van der Waals surface area (Å²) in [7, 11) is 0. The molecule has 0 saturated heterocycles. The van der Waals surface area contributed by atoms with Gasteiger partial charge in [-0.3, -0.25) is 0 Å². The van der Waals surface area contributed by atoms with Crippen molar-refractivity contribution in [1.29, 1.82) is 0 Å². The molecule has 0 spiro atoms. The van der Waals surface area contributed by atoms with Gasteiger partial charge in [-0.05, 0) is 31.2 Å². The Balaban J connectivity index is 2.27. The third-order valence-electron chi connectivity index (χ3n) is 2.92. The van der Waals surface area contributed by atoms with Gasteiger partial charge in [0.2, 0.25) is 0 Å². The van der Waals surface area contributed by atoms with E-state index in [0.29, 0.717) is 10.0 Å². The van der Waals surface area contributed by atoms with E-state index in [4.69, 9.17) is 23.2 Å². The number of hydrogen-bond donors (Lipinski definition) is 0. The molecular weight excluding hydrogens is 267 g/mol. The van der Waals surface area contributed by atoms with Crippen LogP contribution < -0.4 is 0 Å². The summed E-state index contributed by atoms with van der Waals surface area (Å²) >= 11 is 12.0. The van der Waals surface area contributed by atoms with E-state index in [0.717, 1.165) is 22.6 Å². The summed E-state index contributed by atoms with van der Waals surface area (Å²) in [5.74, 6) is 0. The van der Waals surface area contributed by atoms with Gasteiger partial charge in [-0.1, -0.05) is 35.3 Å². The van der Waals surface area contributed by atoms with Crippen LogP contribution in [0.4, 0.5) is 0 Å².